The molecule has 3 aromatic rings. The summed E-state index contributed by atoms with van der Waals surface area (Å²) in [6, 6.07) is 11.2. The van der Waals surface area contributed by atoms with Crippen LogP contribution >= 0.6 is 39.7 Å². The first kappa shape index (κ1) is 20.9. The highest BCUT2D eigenvalue weighted by Crippen LogP contribution is 2.40. The lowest BCUT2D eigenvalue weighted by Gasteiger charge is -2.22. The second-order valence-corrected chi connectivity index (χ2v) is 8.36. The fraction of sp³-hybridized carbons (Fsp3) is 0.263. The number of likely N-dealkylation sites (N-methyl/N-ethyl adjacent to an activating group) is 1. The monoisotopic (exact) mass is 483 g/mol. The third-order valence-electron chi connectivity index (χ3n) is 4.19. The third-order valence-corrected chi connectivity index (χ3v) is 5.72. The molecular formula is C19H19BrClN3O3S. The molecule has 0 aliphatic carbocycles. The summed E-state index contributed by atoms with van der Waals surface area (Å²) in [7, 11) is 3.97. The summed E-state index contributed by atoms with van der Waals surface area (Å²) < 4.78 is 12.7. The Bertz CT molecular complexity index is 970. The molecular weight excluding hydrogens is 466 g/mol. The highest BCUT2D eigenvalue weighted by molar-refractivity contribution is 9.10. The standard InChI is InChI=1S/C19H18BrN3O3S.ClH/c1-22(2)6-7-23(18(24)12-4-3-5-13(20)8-12)19-21-14-9-15-16(26-11-25-15)10-17(14)27-19;/h3-5,8-10H,6-7,11H2,1-2H3;1H. The van der Waals surface area contributed by atoms with Crippen molar-refractivity contribution in [3.63, 3.8) is 0 Å². The Morgan fingerprint density at radius 2 is 1.93 bits per heavy atom. The molecule has 2 heterocycles. The average molecular weight is 485 g/mol. The molecule has 0 atom stereocenters. The van der Waals surface area contributed by atoms with Crippen molar-refractivity contribution in [1.82, 2.24) is 9.88 Å². The number of rotatable bonds is 5. The van der Waals surface area contributed by atoms with Gasteiger partial charge in [-0.05, 0) is 32.3 Å². The lowest BCUT2D eigenvalue weighted by Crippen LogP contribution is -2.36. The Kier molecular flexibility index (Phi) is 6.44. The molecule has 2 aromatic carbocycles. The molecule has 0 spiro atoms. The SMILES string of the molecule is CN(C)CCN(C(=O)c1cccc(Br)c1)c1nc2cc3c(cc2s1)OCO3.Cl. The fourth-order valence-electron chi connectivity index (χ4n) is 2.78. The first-order valence-electron chi connectivity index (χ1n) is 8.43. The first-order chi connectivity index (χ1) is 13.0. The van der Waals surface area contributed by atoms with E-state index in [0.717, 1.165) is 27.0 Å². The van der Waals surface area contributed by atoms with Crippen LogP contribution < -0.4 is 14.4 Å². The van der Waals surface area contributed by atoms with Gasteiger partial charge in [0.05, 0.1) is 10.2 Å². The number of carbonyl (C=O) groups excluding carboxylic acids is 1. The maximum absolute atomic E-state index is 13.2. The second kappa shape index (κ2) is 8.65. The van der Waals surface area contributed by atoms with Gasteiger partial charge in [-0.2, -0.15) is 0 Å². The van der Waals surface area contributed by atoms with E-state index >= 15 is 0 Å². The molecule has 0 unspecified atom stereocenters. The number of fused-ring (bicyclic) bond motifs is 2. The summed E-state index contributed by atoms with van der Waals surface area (Å²) in [6.45, 7) is 1.51. The van der Waals surface area contributed by atoms with Crippen molar-refractivity contribution in [2.75, 3.05) is 38.9 Å². The number of nitrogens with zero attached hydrogens (tertiary/aromatic N) is 3. The van der Waals surface area contributed by atoms with E-state index in [1.807, 2.05) is 55.4 Å². The Balaban J connectivity index is 0.00000225. The van der Waals surface area contributed by atoms with Gasteiger partial charge in [0, 0.05) is 35.3 Å². The number of benzene rings is 2. The second-order valence-electron chi connectivity index (χ2n) is 6.44. The zero-order chi connectivity index (χ0) is 19.0. The predicted octanol–water partition coefficient (Wildman–Crippen LogP) is 4.42. The number of halogens is 2. The fourth-order valence-corrected chi connectivity index (χ4v) is 4.18. The number of hydrogen-bond donors (Lipinski definition) is 0. The van der Waals surface area contributed by atoms with Gasteiger partial charge in [0.25, 0.3) is 5.91 Å². The molecule has 1 aliphatic heterocycles. The number of ether oxygens (including phenoxy) is 2. The van der Waals surface area contributed by atoms with Gasteiger partial charge in [-0.3, -0.25) is 9.69 Å². The van der Waals surface area contributed by atoms with Crippen molar-refractivity contribution >= 4 is 60.9 Å². The van der Waals surface area contributed by atoms with Crippen LogP contribution in [-0.2, 0) is 0 Å². The quantitative estimate of drug-likeness (QED) is 0.537. The zero-order valence-corrected chi connectivity index (χ0v) is 18.6. The van der Waals surface area contributed by atoms with Crippen LogP contribution in [-0.4, -0.2) is 49.8 Å². The highest BCUT2D eigenvalue weighted by Gasteiger charge is 2.23. The molecule has 1 aromatic heterocycles. The number of aromatic nitrogens is 1. The largest absolute Gasteiger partial charge is 0.454 e. The van der Waals surface area contributed by atoms with Gasteiger partial charge in [0.15, 0.2) is 16.6 Å². The minimum atomic E-state index is -0.0720. The smallest absolute Gasteiger partial charge is 0.260 e. The minimum absolute atomic E-state index is 0. The number of carbonyl (C=O) groups is 1. The van der Waals surface area contributed by atoms with Gasteiger partial charge in [0.2, 0.25) is 6.79 Å². The van der Waals surface area contributed by atoms with Crippen LogP contribution in [0.4, 0.5) is 5.13 Å². The minimum Gasteiger partial charge on any atom is -0.454 e. The van der Waals surface area contributed by atoms with Crippen LogP contribution in [0.2, 0.25) is 0 Å². The van der Waals surface area contributed by atoms with E-state index in [9.17, 15) is 4.79 Å². The van der Waals surface area contributed by atoms with E-state index in [1.165, 1.54) is 11.3 Å². The van der Waals surface area contributed by atoms with E-state index in [2.05, 4.69) is 15.9 Å². The lowest BCUT2D eigenvalue weighted by atomic mass is 10.2. The Hall–Kier alpha value is -1.87. The summed E-state index contributed by atoms with van der Waals surface area (Å²) >= 11 is 4.92. The van der Waals surface area contributed by atoms with Crippen LogP contribution in [0.1, 0.15) is 10.4 Å². The third kappa shape index (κ3) is 4.25. The summed E-state index contributed by atoms with van der Waals surface area (Å²) in [5, 5.41) is 0.667. The van der Waals surface area contributed by atoms with Crippen LogP contribution in [0.25, 0.3) is 10.2 Å². The molecule has 148 valence electrons. The molecule has 4 rings (SSSR count). The number of thiazole rings is 1. The Labute approximate surface area is 181 Å². The number of anilines is 1. The topological polar surface area (TPSA) is 54.9 Å². The summed E-state index contributed by atoms with van der Waals surface area (Å²) in [4.78, 5) is 21.7. The van der Waals surface area contributed by atoms with Gasteiger partial charge in [0.1, 0.15) is 0 Å². The van der Waals surface area contributed by atoms with Gasteiger partial charge in [-0.25, -0.2) is 4.98 Å². The van der Waals surface area contributed by atoms with Crippen LogP contribution in [0.15, 0.2) is 40.9 Å². The number of amides is 1. The zero-order valence-electron chi connectivity index (χ0n) is 15.3. The first-order valence-corrected chi connectivity index (χ1v) is 10.0. The molecule has 6 nitrogen and oxygen atoms in total. The van der Waals surface area contributed by atoms with Crippen LogP contribution in [0.5, 0.6) is 11.5 Å². The van der Waals surface area contributed by atoms with Crippen molar-refractivity contribution in [1.29, 1.82) is 0 Å². The van der Waals surface area contributed by atoms with Crippen molar-refractivity contribution in [3.8, 4) is 11.5 Å². The molecule has 0 N–H and O–H groups in total. The molecule has 9 heteroatoms. The van der Waals surface area contributed by atoms with Gasteiger partial charge in [-0.15, -0.1) is 12.4 Å². The maximum Gasteiger partial charge on any atom is 0.260 e. The van der Waals surface area contributed by atoms with E-state index in [4.69, 9.17) is 14.5 Å². The molecule has 0 fully saturated rings. The molecule has 28 heavy (non-hydrogen) atoms. The van der Waals surface area contributed by atoms with Crippen molar-refractivity contribution in [2.45, 2.75) is 0 Å². The van der Waals surface area contributed by atoms with E-state index < -0.39 is 0 Å². The number of hydrogen-bond acceptors (Lipinski definition) is 6. The van der Waals surface area contributed by atoms with E-state index in [0.29, 0.717) is 23.0 Å². The molecule has 0 radical (unpaired) electrons. The molecule has 0 saturated carbocycles. The average Bonchev–Trinajstić information content (AvgIpc) is 3.24. The van der Waals surface area contributed by atoms with Crippen molar-refractivity contribution in [2.24, 2.45) is 0 Å². The molecule has 0 saturated heterocycles. The van der Waals surface area contributed by atoms with Gasteiger partial charge in [-0.1, -0.05) is 33.3 Å². The molecule has 1 aliphatic rings. The summed E-state index contributed by atoms with van der Waals surface area (Å²) in [6.07, 6.45) is 0. The lowest BCUT2D eigenvalue weighted by molar-refractivity contribution is 0.0985. The van der Waals surface area contributed by atoms with E-state index in [1.54, 1.807) is 4.90 Å². The summed E-state index contributed by atoms with van der Waals surface area (Å²) in [5.74, 6) is 1.34. The maximum atomic E-state index is 13.2. The van der Waals surface area contributed by atoms with Crippen LogP contribution in [0, 0.1) is 0 Å². The molecule has 1 amide bonds. The van der Waals surface area contributed by atoms with Crippen molar-refractivity contribution in [3.05, 3.63) is 46.4 Å². The van der Waals surface area contributed by atoms with Crippen LogP contribution in [0.3, 0.4) is 0 Å². The Morgan fingerprint density at radius 1 is 1.18 bits per heavy atom. The van der Waals surface area contributed by atoms with Gasteiger partial charge >= 0.3 is 0 Å². The summed E-state index contributed by atoms with van der Waals surface area (Å²) in [5.41, 5.74) is 1.42. The van der Waals surface area contributed by atoms with E-state index in [-0.39, 0.29) is 25.1 Å². The van der Waals surface area contributed by atoms with Gasteiger partial charge < -0.3 is 14.4 Å². The van der Waals surface area contributed by atoms with Crippen molar-refractivity contribution < 1.29 is 14.3 Å². The molecule has 0 bridgehead atoms. The predicted molar refractivity (Wildman–Crippen MR) is 117 cm³/mol. The Morgan fingerprint density at radius 3 is 2.64 bits per heavy atom. The highest BCUT2D eigenvalue weighted by atomic mass is 79.9. The normalized spacial score (nSPS) is 12.3.